The molecular weight excluding hydrogens is 562 g/mol. The number of rotatable bonds is 12. The number of para-hydroxylation sites is 1. The van der Waals surface area contributed by atoms with Crippen LogP contribution in [0.2, 0.25) is 5.02 Å². The van der Waals surface area contributed by atoms with Crippen LogP contribution in [0.3, 0.4) is 0 Å². The van der Waals surface area contributed by atoms with Crippen LogP contribution in [0.4, 0.5) is 5.69 Å². The maximum atomic E-state index is 14.0. The van der Waals surface area contributed by atoms with Gasteiger partial charge in [0, 0.05) is 17.6 Å². The first-order valence-electron chi connectivity index (χ1n) is 13.8. The van der Waals surface area contributed by atoms with Gasteiger partial charge in [0.1, 0.15) is 18.3 Å². The Balaban J connectivity index is 1.65. The molecule has 1 aliphatic rings. The molecule has 10 heteroatoms. The molecule has 1 saturated carbocycles. The molecule has 0 bridgehead atoms. The van der Waals surface area contributed by atoms with E-state index in [1.54, 1.807) is 73.7 Å². The van der Waals surface area contributed by atoms with E-state index >= 15 is 0 Å². The van der Waals surface area contributed by atoms with Crippen molar-refractivity contribution in [1.29, 1.82) is 0 Å². The molecule has 2 amide bonds. The molecule has 8 nitrogen and oxygen atoms in total. The molecule has 41 heavy (non-hydrogen) atoms. The molecule has 0 unspecified atom stereocenters. The standard InChI is InChI=1S/C31H36ClN3O5S/c1-3-40-28-17-19-29(20-18-28)41(38,39)35(27-11-5-4-6-12-27)22-30(36)34(21-24-13-15-25(32)16-14-24)23(2)31(37)33-26-9-7-8-10-26/h4-6,11-20,23,26H,3,7-10,21-22H2,1-2H3,(H,33,37)/t23-/m1/s1. The van der Waals surface area contributed by atoms with Crippen LogP contribution < -0.4 is 14.4 Å². The largest absolute Gasteiger partial charge is 0.494 e. The van der Waals surface area contributed by atoms with Gasteiger partial charge in [-0.15, -0.1) is 0 Å². The monoisotopic (exact) mass is 597 g/mol. The van der Waals surface area contributed by atoms with Gasteiger partial charge in [-0.1, -0.05) is 54.8 Å². The number of halogens is 1. The van der Waals surface area contributed by atoms with Crippen LogP contribution in [0.25, 0.3) is 0 Å². The number of hydrogen-bond acceptors (Lipinski definition) is 5. The highest BCUT2D eigenvalue weighted by Gasteiger charge is 2.33. The zero-order valence-corrected chi connectivity index (χ0v) is 24.9. The fourth-order valence-electron chi connectivity index (χ4n) is 4.89. The average molecular weight is 598 g/mol. The molecule has 0 aromatic heterocycles. The van der Waals surface area contributed by atoms with E-state index in [1.165, 1.54) is 17.0 Å². The molecular formula is C31H36ClN3O5S. The minimum Gasteiger partial charge on any atom is -0.494 e. The average Bonchev–Trinajstić information content (AvgIpc) is 3.49. The van der Waals surface area contributed by atoms with Crippen molar-refractivity contribution in [3.63, 3.8) is 0 Å². The van der Waals surface area contributed by atoms with Gasteiger partial charge in [0.25, 0.3) is 10.0 Å². The Morgan fingerprint density at radius 3 is 2.22 bits per heavy atom. The fourth-order valence-corrected chi connectivity index (χ4v) is 6.43. The molecule has 0 heterocycles. The second-order valence-corrected chi connectivity index (χ2v) is 12.4. The molecule has 0 aliphatic heterocycles. The first kappa shape index (κ1) is 30.4. The Bertz CT molecular complexity index is 1410. The number of hydrogen-bond donors (Lipinski definition) is 1. The number of anilines is 1. The zero-order valence-electron chi connectivity index (χ0n) is 23.3. The lowest BCUT2D eigenvalue weighted by Gasteiger charge is -2.32. The van der Waals surface area contributed by atoms with Gasteiger partial charge in [-0.3, -0.25) is 13.9 Å². The Hall–Kier alpha value is -3.56. The lowest BCUT2D eigenvalue weighted by atomic mass is 10.1. The van der Waals surface area contributed by atoms with E-state index in [-0.39, 0.29) is 23.4 Å². The van der Waals surface area contributed by atoms with Crippen molar-refractivity contribution in [3.05, 3.63) is 89.4 Å². The summed E-state index contributed by atoms with van der Waals surface area (Å²) in [5.74, 6) is -0.225. The van der Waals surface area contributed by atoms with Crippen LogP contribution in [-0.4, -0.2) is 50.4 Å². The van der Waals surface area contributed by atoms with Crippen molar-refractivity contribution in [1.82, 2.24) is 10.2 Å². The van der Waals surface area contributed by atoms with Crippen molar-refractivity contribution in [2.75, 3.05) is 17.5 Å². The van der Waals surface area contributed by atoms with E-state index < -0.39 is 28.5 Å². The third kappa shape index (κ3) is 7.80. The third-order valence-electron chi connectivity index (χ3n) is 7.18. The summed E-state index contributed by atoms with van der Waals surface area (Å²) in [5, 5.41) is 3.62. The summed E-state index contributed by atoms with van der Waals surface area (Å²) in [7, 11) is -4.15. The van der Waals surface area contributed by atoms with Crippen molar-refractivity contribution in [2.45, 2.75) is 63.1 Å². The molecule has 0 radical (unpaired) electrons. The molecule has 1 fully saturated rings. The summed E-state index contributed by atoms with van der Waals surface area (Å²) in [6, 6.07) is 20.8. The predicted molar refractivity (Wildman–Crippen MR) is 160 cm³/mol. The van der Waals surface area contributed by atoms with E-state index in [9.17, 15) is 18.0 Å². The van der Waals surface area contributed by atoms with Crippen LogP contribution in [0, 0.1) is 0 Å². The van der Waals surface area contributed by atoms with Crippen molar-refractivity contribution < 1.29 is 22.7 Å². The number of sulfonamides is 1. The van der Waals surface area contributed by atoms with Crippen molar-refractivity contribution in [3.8, 4) is 5.75 Å². The zero-order chi connectivity index (χ0) is 29.4. The first-order chi connectivity index (χ1) is 19.7. The summed E-state index contributed by atoms with van der Waals surface area (Å²) < 4.78 is 34.4. The van der Waals surface area contributed by atoms with E-state index in [1.807, 2.05) is 6.92 Å². The number of carbonyl (C=O) groups is 2. The van der Waals surface area contributed by atoms with Gasteiger partial charge in [0.05, 0.1) is 17.2 Å². The number of amides is 2. The van der Waals surface area contributed by atoms with Gasteiger partial charge in [-0.05, 0) is 80.8 Å². The first-order valence-corrected chi connectivity index (χ1v) is 15.7. The van der Waals surface area contributed by atoms with E-state index in [0.717, 1.165) is 35.6 Å². The lowest BCUT2D eigenvalue weighted by molar-refractivity contribution is -0.139. The number of nitrogens with one attached hydrogen (secondary N) is 1. The molecule has 4 rings (SSSR count). The smallest absolute Gasteiger partial charge is 0.264 e. The molecule has 0 saturated heterocycles. The van der Waals surface area contributed by atoms with Crippen LogP contribution in [0.1, 0.15) is 45.1 Å². The third-order valence-corrected chi connectivity index (χ3v) is 9.22. The quantitative estimate of drug-likeness (QED) is 0.301. The Morgan fingerprint density at radius 2 is 1.61 bits per heavy atom. The fraction of sp³-hybridized carbons (Fsp3) is 0.355. The molecule has 3 aromatic rings. The number of nitrogens with zero attached hydrogens (tertiary/aromatic N) is 2. The SMILES string of the molecule is CCOc1ccc(S(=O)(=O)N(CC(=O)N(Cc2ccc(Cl)cc2)[C@H](C)C(=O)NC2CCCC2)c2ccccc2)cc1. The molecule has 3 aromatic carbocycles. The normalized spacial score (nSPS) is 14.3. The van der Waals surface area contributed by atoms with E-state index in [2.05, 4.69) is 5.32 Å². The summed E-state index contributed by atoms with van der Waals surface area (Å²) >= 11 is 6.07. The minimum absolute atomic E-state index is 0.0221. The second kappa shape index (κ2) is 13.9. The highest BCUT2D eigenvalue weighted by molar-refractivity contribution is 7.92. The lowest BCUT2D eigenvalue weighted by Crippen LogP contribution is -2.52. The maximum absolute atomic E-state index is 14.0. The highest BCUT2D eigenvalue weighted by Crippen LogP contribution is 2.26. The van der Waals surface area contributed by atoms with Gasteiger partial charge in [0.2, 0.25) is 11.8 Å². The summed E-state index contributed by atoms with van der Waals surface area (Å²) in [4.78, 5) is 28.7. The van der Waals surface area contributed by atoms with Crippen LogP contribution in [0.15, 0.2) is 83.8 Å². The minimum atomic E-state index is -4.15. The summed E-state index contributed by atoms with van der Waals surface area (Å²) in [6.45, 7) is 3.59. The van der Waals surface area contributed by atoms with Gasteiger partial charge < -0.3 is 15.0 Å². The summed E-state index contributed by atoms with van der Waals surface area (Å²) in [5.41, 5.74) is 1.10. The molecule has 0 spiro atoms. The number of ether oxygens (including phenoxy) is 1. The van der Waals surface area contributed by atoms with Crippen LogP contribution in [0.5, 0.6) is 5.75 Å². The molecule has 218 valence electrons. The van der Waals surface area contributed by atoms with Crippen molar-refractivity contribution >= 4 is 39.1 Å². The Labute approximate surface area is 247 Å². The van der Waals surface area contributed by atoms with Crippen LogP contribution in [-0.2, 0) is 26.2 Å². The molecule has 1 aliphatic carbocycles. The van der Waals surface area contributed by atoms with Gasteiger partial charge in [-0.2, -0.15) is 0 Å². The second-order valence-electron chi connectivity index (χ2n) is 10.1. The Kier molecular flexibility index (Phi) is 10.3. The van der Waals surface area contributed by atoms with Gasteiger partial charge in [0.15, 0.2) is 0 Å². The number of benzene rings is 3. The van der Waals surface area contributed by atoms with Crippen molar-refractivity contribution in [2.24, 2.45) is 0 Å². The van der Waals surface area contributed by atoms with E-state index in [4.69, 9.17) is 16.3 Å². The highest BCUT2D eigenvalue weighted by atomic mass is 35.5. The molecule has 1 atom stereocenters. The molecule has 1 N–H and O–H groups in total. The van der Waals surface area contributed by atoms with Crippen LogP contribution >= 0.6 is 11.6 Å². The summed E-state index contributed by atoms with van der Waals surface area (Å²) in [6.07, 6.45) is 3.93. The topological polar surface area (TPSA) is 96.0 Å². The van der Waals surface area contributed by atoms with E-state index in [0.29, 0.717) is 23.1 Å². The van der Waals surface area contributed by atoms with Gasteiger partial charge in [-0.25, -0.2) is 8.42 Å². The van der Waals surface area contributed by atoms with Gasteiger partial charge >= 0.3 is 0 Å². The predicted octanol–water partition coefficient (Wildman–Crippen LogP) is 5.41. The number of carbonyl (C=O) groups excluding carboxylic acids is 2. The Morgan fingerprint density at radius 1 is 0.976 bits per heavy atom. The maximum Gasteiger partial charge on any atom is 0.264 e.